The van der Waals surface area contributed by atoms with Crippen molar-refractivity contribution in [2.75, 3.05) is 27.3 Å². The summed E-state index contributed by atoms with van der Waals surface area (Å²) in [6, 6.07) is 14.2. The molecule has 0 spiro atoms. The van der Waals surface area contributed by atoms with Crippen LogP contribution in [0.1, 0.15) is 24.2 Å². The van der Waals surface area contributed by atoms with Gasteiger partial charge in [0.25, 0.3) is 0 Å². The predicted octanol–water partition coefficient (Wildman–Crippen LogP) is 3.90. The highest BCUT2D eigenvalue weighted by atomic mass is 127. The Morgan fingerprint density at radius 2 is 1.81 bits per heavy atom. The molecular weight excluding hydrogens is 460 g/mol. The lowest BCUT2D eigenvalue weighted by molar-refractivity contribution is 0.106. The minimum absolute atomic E-state index is 0. The summed E-state index contributed by atoms with van der Waals surface area (Å²) < 4.78 is 24.2. The van der Waals surface area contributed by atoms with Crippen LogP contribution in [0.15, 0.2) is 53.5 Å². The highest BCUT2D eigenvalue weighted by Gasteiger charge is 2.12. The van der Waals surface area contributed by atoms with Gasteiger partial charge in [0.1, 0.15) is 11.6 Å². The van der Waals surface area contributed by atoms with Gasteiger partial charge in [0, 0.05) is 32.8 Å². The minimum atomic E-state index is -0.262. The molecule has 0 heterocycles. The molecule has 1 unspecified atom stereocenters. The van der Waals surface area contributed by atoms with E-state index in [0.29, 0.717) is 25.7 Å². The molecule has 0 aliphatic heterocycles. The number of hydrogen-bond donors (Lipinski definition) is 2. The smallest absolute Gasteiger partial charge is 0.191 e. The zero-order chi connectivity index (χ0) is 18.8. The molecule has 0 radical (unpaired) electrons. The van der Waals surface area contributed by atoms with Crippen LogP contribution in [-0.4, -0.2) is 33.3 Å². The summed E-state index contributed by atoms with van der Waals surface area (Å²) in [5.74, 6) is 1.25. The van der Waals surface area contributed by atoms with Gasteiger partial charge in [-0.25, -0.2) is 4.39 Å². The van der Waals surface area contributed by atoms with Gasteiger partial charge >= 0.3 is 0 Å². The molecule has 0 bridgehead atoms. The van der Waals surface area contributed by atoms with Crippen LogP contribution in [0.5, 0.6) is 5.75 Å². The van der Waals surface area contributed by atoms with E-state index in [9.17, 15) is 4.39 Å². The third kappa shape index (κ3) is 7.34. The second kappa shape index (κ2) is 12.5. The summed E-state index contributed by atoms with van der Waals surface area (Å²) >= 11 is 0. The number of benzene rings is 2. The molecule has 148 valence electrons. The van der Waals surface area contributed by atoms with Crippen LogP contribution in [0.3, 0.4) is 0 Å². The van der Waals surface area contributed by atoms with Gasteiger partial charge in [0.15, 0.2) is 5.96 Å². The topological polar surface area (TPSA) is 54.9 Å². The number of ether oxygens (including phenoxy) is 2. The van der Waals surface area contributed by atoms with Gasteiger partial charge in [0.2, 0.25) is 0 Å². The maximum absolute atomic E-state index is 13.1. The van der Waals surface area contributed by atoms with E-state index in [1.165, 1.54) is 12.1 Å². The summed E-state index contributed by atoms with van der Waals surface area (Å²) in [7, 11) is 3.34. The molecular formula is C20H27FIN3O2. The van der Waals surface area contributed by atoms with E-state index in [1.807, 2.05) is 31.2 Å². The average Bonchev–Trinajstić information content (AvgIpc) is 2.67. The first-order chi connectivity index (χ1) is 12.7. The molecule has 0 aromatic heterocycles. The van der Waals surface area contributed by atoms with Gasteiger partial charge < -0.3 is 20.1 Å². The van der Waals surface area contributed by atoms with Crippen molar-refractivity contribution in [1.82, 2.24) is 10.6 Å². The fourth-order valence-corrected chi connectivity index (χ4v) is 2.55. The molecule has 2 N–H and O–H groups in total. The van der Waals surface area contributed by atoms with Crippen LogP contribution in [0.4, 0.5) is 4.39 Å². The first-order valence-corrected chi connectivity index (χ1v) is 8.61. The normalized spacial score (nSPS) is 12.1. The van der Waals surface area contributed by atoms with Crippen molar-refractivity contribution in [3.05, 3.63) is 65.5 Å². The number of aliphatic imine (C=N–C) groups is 1. The number of para-hydroxylation sites is 1. The molecule has 2 aromatic rings. The number of nitrogens with zero attached hydrogens (tertiary/aromatic N) is 1. The Hall–Kier alpha value is -1.87. The van der Waals surface area contributed by atoms with E-state index in [4.69, 9.17) is 9.47 Å². The van der Waals surface area contributed by atoms with Crippen LogP contribution in [0, 0.1) is 5.82 Å². The second-order valence-corrected chi connectivity index (χ2v) is 5.62. The fourth-order valence-electron chi connectivity index (χ4n) is 2.55. The van der Waals surface area contributed by atoms with E-state index in [1.54, 1.807) is 26.3 Å². The summed E-state index contributed by atoms with van der Waals surface area (Å²) in [6.07, 6.45) is -0.204. The molecule has 0 aliphatic rings. The molecule has 27 heavy (non-hydrogen) atoms. The molecule has 2 aromatic carbocycles. The van der Waals surface area contributed by atoms with Crippen molar-refractivity contribution in [2.45, 2.75) is 19.6 Å². The van der Waals surface area contributed by atoms with Crippen molar-refractivity contribution >= 4 is 29.9 Å². The Balaban J connectivity index is 0.00000364. The van der Waals surface area contributed by atoms with E-state index < -0.39 is 0 Å². The van der Waals surface area contributed by atoms with Crippen molar-refractivity contribution in [3.63, 3.8) is 0 Å². The SMILES string of the molecule is CCOc1ccccc1CNC(=NC)NCC(OC)c1ccc(F)cc1.I. The minimum Gasteiger partial charge on any atom is -0.494 e. The number of nitrogens with one attached hydrogen (secondary N) is 2. The van der Waals surface area contributed by atoms with Crippen LogP contribution < -0.4 is 15.4 Å². The van der Waals surface area contributed by atoms with Crippen LogP contribution in [0.2, 0.25) is 0 Å². The third-order valence-corrected chi connectivity index (χ3v) is 3.92. The quantitative estimate of drug-likeness (QED) is 0.337. The Labute approximate surface area is 177 Å². The van der Waals surface area contributed by atoms with Crippen molar-refractivity contribution in [3.8, 4) is 5.75 Å². The Bertz CT molecular complexity index is 711. The molecule has 0 saturated carbocycles. The van der Waals surface area contributed by atoms with Gasteiger partial charge in [-0.15, -0.1) is 24.0 Å². The third-order valence-electron chi connectivity index (χ3n) is 3.92. The van der Waals surface area contributed by atoms with Crippen molar-refractivity contribution in [2.24, 2.45) is 4.99 Å². The molecule has 0 fully saturated rings. The summed E-state index contributed by atoms with van der Waals surface area (Å²) in [5, 5.41) is 6.50. The number of halogens is 2. The van der Waals surface area contributed by atoms with Crippen molar-refractivity contribution in [1.29, 1.82) is 0 Å². The highest BCUT2D eigenvalue weighted by Crippen LogP contribution is 2.18. The zero-order valence-corrected chi connectivity index (χ0v) is 18.2. The largest absolute Gasteiger partial charge is 0.494 e. The number of guanidine groups is 1. The first kappa shape index (κ1) is 23.2. The molecule has 7 heteroatoms. The van der Waals surface area contributed by atoms with Gasteiger partial charge in [-0.05, 0) is 30.7 Å². The molecule has 0 saturated heterocycles. The maximum Gasteiger partial charge on any atom is 0.191 e. The monoisotopic (exact) mass is 487 g/mol. The number of methoxy groups -OCH3 is 1. The van der Waals surface area contributed by atoms with Gasteiger partial charge in [-0.2, -0.15) is 0 Å². The maximum atomic E-state index is 13.1. The van der Waals surface area contributed by atoms with Crippen LogP contribution in [0.25, 0.3) is 0 Å². The Morgan fingerprint density at radius 3 is 2.44 bits per heavy atom. The Kier molecular flexibility index (Phi) is 10.7. The highest BCUT2D eigenvalue weighted by molar-refractivity contribution is 14.0. The average molecular weight is 487 g/mol. The van der Waals surface area contributed by atoms with Crippen LogP contribution >= 0.6 is 24.0 Å². The lowest BCUT2D eigenvalue weighted by Gasteiger charge is -2.19. The summed E-state index contributed by atoms with van der Waals surface area (Å²) in [4.78, 5) is 4.23. The number of rotatable bonds is 8. The molecule has 5 nitrogen and oxygen atoms in total. The van der Waals surface area contributed by atoms with Gasteiger partial charge in [-0.3, -0.25) is 4.99 Å². The molecule has 2 rings (SSSR count). The molecule has 1 atom stereocenters. The number of hydrogen-bond acceptors (Lipinski definition) is 3. The van der Waals surface area contributed by atoms with E-state index in [2.05, 4.69) is 15.6 Å². The lowest BCUT2D eigenvalue weighted by atomic mass is 10.1. The standard InChI is InChI=1S/C20H26FN3O2.HI/c1-4-26-18-8-6-5-7-16(18)13-23-20(22-2)24-14-19(25-3)15-9-11-17(21)12-10-15;/h5-12,19H,4,13-14H2,1-3H3,(H2,22,23,24);1H. The fraction of sp³-hybridized carbons (Fsp3) is 0.350. The van der Waals surface area contributed by atoms with E-state index >= 15 is 0 Å². The van der Waals surface area contributed by atoms with Crippen molar-refractivity contribution < 1.29 is 13.9 Å². The summed E-state index contributed by atoms with van der Waals surface area (Å²) in [5.41, 5.74) is 1.96. The predicted molar refractivity (Wildman–Crippen MR) is 117 cm³/mol. The zero-order valence-electron chi connectivity index (χ0n) is 15.9. The van der Waals surface area contributed by atoms with Crippen LogP contribution in [-0.2, 0) is 11.3 Å². The molecule has 0 amide bonds. The summed E-state index contributed by atoms with van der Waals surface area (Å²) in [6.45, 7) is 3.68. The van der Waals surface area contributed by atoms with E-state index in [0.717, 1.165) is 16.9 Å². The Morgan fingerprint density at radius 1 is 1.11 bits per heavy atom. The van der Waals surface area contributed by atoms with E-state index in [-0.39, 0.29) is 35.9 Å². The second-order valence-electron chi connectivity index (χ2n) is 5.62. The van der Waals surface area contributed by atoms with Gasteiger partial charge in [0.05, 0.1) is 12.7 Å². The molecule has 0 aliphatic carbocycles. The first-order valence-electron chi connectivity index (χ1n) is 8.61. The van der Waals surface area contributed by atoms with Gasteiger partial charge in [-0.1, -0.05) is 30.3 Å². The lowest BCUT2D eigenvalue weighted by Crippen LogP contribution is -2.39.